The maximum atomic E-state index is 5.43. The maximum Gasteiger partial charge on any atom is 0.118 e. The van der Waals surface area contributed by atoms with Crippen molar-refractivity contribution in [3.05, 3.63) is 101 Å². The van der Waals surface area contributed by atoms with Crippen molar-refractivity contribution in [1.29, 1.82) is 0 Å². The second-order valence-corrected chi connectivity index (χ2v) is 7.73. The number of nitrogens with zero attached hydrogens (tertiary/aromatic N) is 1. The quantitative estimate of drug-likeness (QED) is 0.477. The Hall–Kier alpha value is -3.31. The highest BCUT2D eigenvalue weighted by molar-refractivity contribution is 5.53. The average Bonchev–Trinajstić information content (AvgIpc) is 2.81. The minimum absolute atomic E-state index is 0.0214. The van der Waals surface area contributed by atoms with E-state index in [0.717, 1.165) is 30.0 Å². The van der Waals surface area contributed by atoms with E-state index in [2.05, 4.69) is 71.1 Å². The topological polar surface area (TPSA) is 55.4 Å². The monoisotopic (exact) mass is 415 g/mol. The first-order valence-electron chi connectivity index (χ1n) is 10.6. The van der Waals surface area contributed by atoms with E-state index < -0.39 is 0 Å². The summed E-state index contributed by atoms with van der Waals surface area (Å²) in [5.41, 5.74) is 5.80. The van der Waals surface area contributed by atoms with Crippen molar-refractivity contribution < 1.29 is 9.47 Å². The van der Waals surface area contributed by atoms with Crippen molar-refractivity contribution >= 4 is 5.69 Å². The van der Waals surface area contributed by atoms with Gasteiger partial charge in [-0.3, -0.25) is 10.3 Å². The molecule has 0 bridgehead atoms. The molecule has 2 aromatic carbocycles. The van der Waals surface area contributed by atoms with Crippen LogP contribution in [0.2, 0.25) is 0 Å². The molecule has 0 radical (unpaired) electrons. The first-order chi connectivity index (χ1) is 15.2. The zero-order chi connectivity index (χ0) is 21.6. The Kier molecular flexibility index (Phi) is 6.53. The van der Waals surface area contributed by atoms with E-state index in [0.29, 0.717) is 0 Å². The van der Waals surface area contributed by atoms with Gasteiger partial charge in [0.2, 0.25) is 0 Å². The van der Waals surface area contributed by atoms with E-state index in [1.165, 1.54) is 22.4 Å². The molecule has 1 heterocycles. The number of hydrogen-bond acceptors (Lipinski definition) is 5. The minimum atomic E-state index is 0.0214. The van der Waals surface area contributed by atoms with Gasteiger partial charge < -0.3 is 14.8 Å². The molecule has 5 nitrogen and oxygen atoms in total. The largest absolute Gasteiger partial charge is 0.499 e. The first-order valence-corrected chi connectivity index (χ1v) is 10.6. The van der Waals surface area contributed by atoms with Gasteiger partial charge >= 0.3 is 0 Å². The fourth-order valence-electron chi connectivity index (χ4n) is 3.86. The summed E-state index contributed by atoms with van der Waals surface area (Å²) in [6.07, 6.45) is 5.69. The second-order valence-electron chi connectivity index (χ2n) is 7.73. The van der Waals surface area contributed by atoms with E-state index >= 15 is 0 Å². The maximum absolute atomic E-state index is 5.43. The summed E-state index contributed by atoms with van der Waals surface area (Å²) in [5, 5.41) is 7.33. The average molecular weight is 416 g/mol. The third-order valence-corrected chi connectivity index (χ3v) is 5.77. The molecule has 2 atom stereocenters. The molecule has 1 aliphatic rings. The number of allylic oxidation sites excluding steroid dienone is 2. The number of anilines is 1. The Balaban J connectivity index is 1.64. The van der Waals surface area contributed by atoms with Crippen molar-refractivity contribution in [2.24, 2.45) is 0 Å². The summed E-state index contributed by atoms with van der Waals surface area (Å²) < 4.78 is 10.8. The summed E-state index contributed by atoms with van der Waals surface area (Å²) in [6.45, 7) is 2.18. The molecule has 0 spiro atoms. The Morgan fingerprint density at radius 2 is 1.61 bits per heavy atom. The van der Waals surface area contributed by atoms with Gasteiger partial charge in [-0.2, -0.15) is 0 Å². The molecule has 5 heteroatoms. The van der Waals surface area contributed by atoms with Crippen molar-refractivity contribution in [2.75, 3.05) is 19.5 Å². The van der Waals surface area contributed by atoms with Gasteiger partial charge in [-0.25, -0.2) is 0 Å². The van der Waals surface area contributed by atoms with Gasteiger partial charge in [0, 0.05) is 30.5 Å². The Morgan fingerprint density at radius 3 is 2.26 bits per heavy atom. The predicted octanol–water partition coefficient (Wildman–Crippen LogP) is 5.59. The van der Waals surface area contributed by atoms with Gasteiger partial charge in [0.1, 0.15) is 11.5 Å². The fourth-order valence-corrected chi connectivity index (χ4v) is 3.86. The second kappa shape index (κ2) is 9.67. The molecular weight excluding hydrogens is 386 g/mol. The highest BCUT2D eigenvalue weighted by atomic mass is 16.5. The number of nitrogens with one attached hydrogen (secondary N) is 2. The van der Waals surface area contributed by atoms with Crippen molar-refractivity contribution in [3.63, 3.8) is 0 Å². The van der Waals surface area contributed by atoms with Crippen molar-refractivity contribution in [2.45, 2.75) is 31.8 Å². The number of rotatable bonds is 9. The summed E-state index contributed by atoms with van der Waals surface area (Å²) in [6, 6.07) is 21.1. The number of benzene rings is 2. The molecule has 2 unspecified atom stereocenters. The van der Waals surface area contributed by atoms with Crippen LogP contribution in [-0.2, 0) is 4.74 Å². The molecule has 31 heavy (non-hydrogen) atoms. The number of aromatic nitrogens is 1. The van der Waals surface area contributed by atoms with Crippen LogP contribution < -0.4 is 15.4 Å². The van der Waals surface area contributed by atoms with Gasteiger partial charge in [0.05, 0.1) is 26.0 Å². The minimum Gasteiger partial charge on any atom is -0.499 e. The number of hydrogen-bond donors (Lipinski definition) is 2. The van der Waals surface area contributed by atoms with Gasteiger partial charge in [-0.1, -0.05) is 24.3 Å². The molecule has 2 N–H and O–H groups in total. The van der Waals surface area contributed by atoms with Crippen LogP contribution in [0, 0.1) is 0 Å². The third-order valence-electron chi connectivity index (χ3n) is 5.77. The molecule has 1 aromatic heterocycles. The molecule has 160 valence electrons. The molecule has 0 saturated heterocycles. The van der Waals surface area contributed by atoms with Crippen LogP contribution in [0.15, 0.2) is 84.5 Å². The van der Waals surface area contributed by atoms with Gasteiger partial charge in [0.15, 0.2) is 0 Å². The van der Waals surface area contributed by atoms with Crippen LogP contribution in [0.4, 0.5) is 5.69 Å². The number of methoxy groups -OCH3 is 2. The van der Waals surface area contributed by atoms with Crippen LogP contribution in [0.1, 0.15) is 48.5 Å². The zero-order valence-electron chi connectivity index (χ0n) is 18.3. The highest BCUT2D eigenvalue weighted by Crippen LogP contribution is 2.32. The molecule has 1 aliphatic carbocycles. The van der Waals surface area contributed by atoms with Gasteiger partial charge in [-0.15, -0.1) is 0 Å². The predicted molar refractivity (Wildman–Crippen MR) is 124 cm³/mol. The Bertz CT molecular complexity index is 1030. The van der Waals surface area contributed by atoms with Crippen LogP contribution in [0.3, 0.4) is 0 Å². The van der Waals surface area contributed by atoms with E-state index in [1.807, 2.05) is 24.5 Å². The van der Waals surface area contributed by atoms with Crippen LogP contribution in [0.5, 0.6) is 5.75 Å². The molecule has 0 aliphatic heterocycles. The lowest BCUT2D eigenvalue weighted by Crippen LogP contribution is -2.26. The van der Waals surface area contributed by atoms with E-state index in [9.17, 15) is 0 Å². The van der Waals surface area contributed by atoms with Crippen molar-refractivity contribution in [1.82, 2.24) is 10.3 Å². The number of pyridine rings is 1. The molecular formula is C26H29N3O2. The Morgan fingerprint density at radius 1 is 0.839 bits per heavy atom. The van der Waals surface area contributed by atoms with Gasteiger partial charge in [-0.05, 0) is 66.4 Å². The van der Waals surface area contributed by atoms with Crippen LogP contribution >= 0.6 is 0 Å². The van der Waals surface area contributed by atoms with Crippen molar-refractivity contribution in [3.8, 4) is 5.75 Å². The molecule has 3 aromatic rings. The first kappa shape index (κ1) is 20.9. The van der Waals surface area contributed by atoms with E-state index in [4.69, 9.17) is 9.47 Å². The van der Waals surface area contributed by atoms with E-state index in [1.54, 1.807) is 14.2 Å². The lowest BCUT2D eigenvalue weighted by atomic mass is 9.96. The molecule has 0 saturated carbocycles. The standard InChI is InChI=1S/C26H29N3O2/c1-18(19-13-15-27-16-14-19)28-26(20-7-9-23(30-2)10-8-20)21-5-4-6-22(17-21)29-24-11-12-25(24)31-3/h4-10,13-18,26,28-29H,11-12H2,1-3H3. The molecule has 0 amide bonds. The van der Waals surface area contributed by atoms with Crippen LogP contribution in [0.25, 0.3) is 0 Å². The smallest absolute Gasteiger partial charge is 0.118 e. The lowest BCUT2D eigenvalue weighted by molar-refractivity contribution is 0.253. The SMILES string of the molecule is COC1=C(Nc2cccc(C(NC(C)c3ccncc3)c3ccc(OC)cc3)c2)CC1. The van der Waals surface area contributed by atoms with E-state index in [-0.39, 0.29) is 12.1 Å². The summed E-state index contributed by atoms with van der Waals surface area (Å²) >= 11 is 0. The fraction of sp³-hybridized carbons (Fsp3) is 0.269. The normalized spacial score (nSPS) is 15.1. The zero-order valence-corrected chi connectivity index (χ0v) is 18.3. The van der Waals surface area contributed by atoms with Gasteiger partial charge in [0.25, 0.3) is 0 Å². The highest BCUT2D eigenvalue weighted by Gasteiger charge is 2.20. The number of ether oxygens (including phenoxy) is 2. The molecule has 0 fully saturated rings. The summed E-state index contributed by atoms with van der Waals surface area (Å²) in [7, 11) is 3.42. The third kappa shape index (κ3) is 4.89. The lowest BCUT2D eigenvalue weighted by Gasteiger charge is -2.26. The molecule has 4 rings (SSSR count). The Labute approximate surface area is 184 Å². The summed E-state index contributed by atoms with van der Waals surface area (Å²) in [4.78, 5) is 4.14. The van der Waals surface area contributed by atoms with Crippen LogP contribution in [-0.4, -0.2) is 19.2 Å². The summed E-state index contributed by atoms with van der Waals surface area (Å²) in [5.74, 6) is 1.89.